The van der Waals surface area contributed by atoms with Gasteiger partial charge in [0.15, 0.2) is 0 Å². The van der Waals surface area contributed by atoms with E-state index >= 15 is 0 Å². The molecule has 0 radical (unpaired) electrons. The van der Waals surface area contributed by atoms with Crippen molar-refractivity contribution in [1.29, 1.82) is 0 Å². The quantitative estimate of drug-likeness (QED) is 0.822. The van der Waals surface area contributed by atoms with Crippen molar-refractivity contribution in [3.05, 3.63) is 15.5 Å². The van der Waals surface area contributed by atoms with Gasteiger partial charge in [0.25, 0.3) is 0 Å². The molecule has 1 aromatic rings. The van der Waals surface area contributed by atoms with Crippen LogP contribution in [0.3, 0.4) is 0 Å². The molecule has 17 heavy (non-hydrogen) atoms. The molecule has 1 atom stereocenters. The van der Waals surface area contributed by atoms with Gasteiger partial charge in [-0.3, -0.25) is 4.90 Å². The molecule has 96 valence electrons. The van der Waals surface area contributed by atoms with E-state index in [1.807, 2.05) is 0 Å². The second-order valence-electron chi connectivity index (χ2n) is 4.73. The highest BCUT2D eigenvalue weighted by atomic mass is 35.5. The highest BCUT2D eigenvalue weighted by molar-refractivity contribution is 7.15. The third-order valence-electron chi connectivity index (χ3n) is 3.26. The number of likely N-dealkylation sites (tertiary alicyclic amines) is 1. The molecule has 2 heterocycles. The Morgan fingerprint density at radius 2 is 2.47 bits per heavy atom. The molecule has 1 saturated heterocycles. The molecule has 0 amide bonds. The maximum Gasteiger partial charge on any atom is 0.113 e. The first kappa shape index (κ1) is 13.3. The van der Waals surface area contributed by atoms with Crippen LogP contribution in [-0.4, -0.2) is 47.5 Å². The Morgan fingerprint density at radius 1 is 1.65 bits per heavy atom. The number of aromatic nitrogens is 1. The highest BCUT2D eigenvalue weighted by Crippen LogP contribution is 2.22. The van der Waals surface area contributed by atoms with Gasteiger partial charge in [0.1, 0.15) is 9.34 Å². The molecule has 1 aliphatic rings. The fourth-order valence-electron chi connectivity index (χ4n) is 2.42. The molecule has 1 aromatic heterocycles. The summed E-state index contributed by atoms with van der Waals surface area (Å²) in [5.41, 5.74) is 0. The lowest BCUT2D eigenvalue weighted by atomic mass is 10.2. The Bertz CT molecular complexity index is 355. The van der Waals surface area contributed by atoms with Gasteiger partial charge >= 0.3 is 0 Å². The second kappa shape index (κ2) is 6.14. The van der Waals surface area contributed by atoms with E-state index in [0.717, 1.165) is 22.4 Å². The number of nitrogens with zero attached hydrogens (tertiary/aromatic N) is 3. The van der Waals surface area contributed by atoms with Crippen molar-refractivity contribution in [2.24, 2.45) is 0 Å². The van der Waals surface area contributed by atoms with E-state index in [2.05, 4.69) is 28.8 Å². The summed E-state index contributed by atoms with van der Waals surface area (Å²) in [7, 11) is 2.20. The van der Waals surface area contributed by atoms with E-state index in [0.29, 0.717) is 6.04 Å². The molecule has 0 saturated carbocycles. The predicted molar refractivity (Wildman–Crippen MR) is 73.7 cm³/mol. The summed E-state index contributed by atoms with van der Waals surface area (Å²) < 4.78 is 0.792. The van der Waals surface area contributed by atoms with Crippen LogP contribution in [0.1, 0.15) is 24.8 Å². The van der Waals surface area contributed by atoms with Gasteiger partial charge < -0.3 is 4.90 Å². The maximum atomic E-state index is 5.93. The zero-order valence-corrected chi connectivity index (χ0v) is 12.1. The fraction of sp³-hybridized carbons (Fsp3) is 0.750. The lowest BCUT2D eigenvalue weighted by molar-refractivity contribution is 0.189. The summed E-state index contributed by atoms with van der Waals surface area (Å²) in [6.45, 7) is 6.72. The first-order valence-corrected chi connectivity index (χ1v) is 7.41. The van der Waals surface area contributed by atoms with Crippen LogP contribution >= 0.6 is 22.9 Å². The minimum absolute atomic E-state index is 0.683. The van der Waals surface area contributed by atoms with Crippen molar-refractivity contribution in [3.8, 4) is 0 Å². The molecule has 0 bridgehead atoms. The van der Waals surface area contributed by atoms with Crippen LogP contribution in [0.15, 0.2) is 6.20 Å². The van der Waals surface area contributed by atoms with Crippen molar-refractivity contribution in [2.75, 3.05) is 26.7 Å². The standard InChI is InChI=1S/C12H20ClN3S/c1-3-5-16(10-4-6-15(2)8-10)9-12-14-7-11(13)17-12/h7,10H,3-6,8-9H2,1-2H3. The van der Waals surface area contributed by atoms with Crippen LogP contribution in [0.5, 0.6) is 0 Å². The monoisotopic (exact) mass is 273 g/mol. The van der Waals surface area contributed by atoms with Crippen LogP contribution in [0.25, 0.3) is 0 Å². The number of halogens is 1. The van der Waals surface area contributed by atoms with Crippen molar-refractivity contribution >= 4 is 22.9 Å². The number of likely N-dealkylation sites (N-methyl/N-ethyl adjacent to an activating group) is 1. The first-order valence-electron chi connectivity index (χ1n) is 6.22. The van der Waals surface area contributed by atoms with Crippen molar-refractivity contribution in [3.63, 3.8) is 0 Å². The average molecular weight is 274 g/mol. The Hall–Kier alpha value is -0.160. The zero-order valence-electron chi connectivity index (χ0n) is 10.5. The molecule has 2 rings (SSSR count). The molecular formula is C12H20ClN3S. The zero-order chi connectivity index (χ0) is 12.3. The molecule has 3 nitrogen and oxygen atoms in total. The van der Waals surface area contributed by atoms with Gasteiger partial charge in [0.2, 0.25) is 0 Å². The van der Waals surface area contributed by atoms with Crippen LogP contribution in [0.2, 0.25) is 4.34 Å². The molecular weight excluding hydrogens is 254 g/mol. The van der Waals surface area contributed by atoms with Gasteiger partial charge in [-0.15, -0.1) is 11.3 Å². The van der Waals surface area contributed by atoms with Gasteiger partial charge in [-0.1, -0.05) is 18.5 Å². The fourth-order valence-corrected chi connectivity index (χ4v) is 3.40. The van der Waals surface area contributed by atoms with Gasteiger partial charge in [0.05, 0.1) is 12.7 Å². The minimum Gasteiger partial charge on any atom is -0.305 e. The van der Waals surface area contributed by atoms with Crippen LogP contribution in [-0.2, 0) is 6.54 Å². The molecule has 0 aromatic carbocycles. The van der Waals surface area contributed by atoms with E-state index < -0.39 is 0 Å². The molecule has 5 heteroatoms. The number of thiazole rings is 1. The first-order chi connectivity index (χ1) is 8.19. The lowest BCUT2D eigenvalue weighted by Crippen LogP contribution is -2.37. The normalized spacial score (nSPS) is 21.5. The van der Waals surface area contributed by atoms with E-state index in [1.165, 1.54) is 25.9 Å². The van der Waals surface area contributed by atoms with Crippen molar-refractivity contribution < 1.29 is 0 Å². The Labute approximate surface area is 112 Å². The van der Waals surface area contributed by atoms with Crippen LogP contribution in [0.4, 0.5) is 0 Å². The van der Waals surface area contributed by atoms with Gasteiger partial charge in [-0.25, -0.2) is 4.98 Å². The number of hydrogen-bond acceptors (Lipinski definition) is 4. The molecule has 0 N–H and O–H groups in total. The summed E-state index contributed by atoms with van der Waals surface area (Å²) in [6.07, 6.45) is 4.22. The molecule has 0 aliphatic carbocycles. The van der Waals surface area contributed by atoms with Crippen LogP contribution in [0, 0.1) is 0 Å². The van der Waals surface area contributed by atoms with Gasteiger partial charge in [-0.2, -0.15) is 0 Å². The third-order valence-corrected chi connectivity index (χ3v) is 4.36. The average Bonchev–Trinajstić information content (AvgIpc) is 2.87. The molecule has 1 unspecified atom stereocenters. The van der Waals surface area contributed by atoms with E-state index in [-0.39, 0.29) is 0 Å². The summed E-state index contributed by atoms with van der Waals surface area (Å²) in [5.74, 6) is 0. The minimum atomic E-state index is 0.683. The van der Waals surface area contributed by atoms with Crippen molar-refractivity contribution in [2.45, 2.75) is 32.4 Å². The Balaban J connectivity index is 1.97. The summed E-state index contributed by atoms with van der Waals surface area (Å²) in [5, 5.41) is 1.14. The number of hydrogen-bond donors (Lipinski definition) is 0. The maximum absolute atomic E-state index is 5.93. The topological polar surface area (TPSA) is 19.4 Å². The summed E-state index contributed by atoms with van der Waals surface area (Å²) in [4.78, 5) is 9.32. The van der Waals surface area contributed by atoms with Crippen LogP contribution < -0.4 is 0 Å². The highest BCUT2D eigenvalue weighted by Gasteiger charge is 2.25. The summed E-state index contributed by atoms with van der Waals surface area (Å²) in [6, 6.07) is 0.683. The Kier molecular flexibility index (Phi) is 4.79. The molecule has 1 aliphatic heterocycles. The largest absolute Gasteiger partial charge is 0.305 e. The van der Waals surface area contributed by atoms with E-state index in [9.17, 15) is 0 Å². The van der Waals surface area contributed by atoms with Crippen molar-refractivity contribution in [1.82, 2.24) is 14.8 Å². The molecule has 1 fully saturated rings. The number of rotatable bonds is 5. The predicted octanol–water partition coefficient (Wildman–Crippen LogP) is 2.71. The summed E-state index contributed by atoms with van der Waals surface area (Å²) >= 11 is 7.53. The molecule has 0 spiro atoms. The van der Waals surface area contributed by atoms with E-state index in [4.69, 9.17) is 11.6 Å². The smallest absolute Gasteiger partial charge is 0.113 e. The van der Waals surface area contributed by atoms with E-state index in [1.54, 1.807) is 17.5 Å². The van der Waals surface area contributed by atoms with Gasteiger partial charge in [-0.05, 0) is 33.0 Å². The third kappa shape index (κ3) is 3.65. The Morgan fingerprint density at radius 3 is 3.00 bits per heavy atom. The SMILES string of the molecule is CCCN(Cc1ncc(Cl)s1)C1CCN(C)C1. The van der Waals surface area contributed by atoms with Gasteiger partial charge in [0, 0.05) is 12.6 Å². The second-order valence-corrected chi connectivity index (χ2v) is 6.48. The lowest BCUT2D eigenvalue weighted by Gasteiger charge is -2.27.